The summed E-state index contributed by atoms with van der Waals surface area (Å²) in [6.45, 7) is 8.16. The van der Waals surface area contributed by atoms with Crippen LogP contribution in [0.3, 0.4) is 0 Å². The zero-order valence-corrected chi connectivity index (χ0v) is 17.9. The van der Waals surface area contributed by atoms with E-state index < -0.39 is 0 Å². The Morgan fingerprint density at radius 2 is 1.83 bits per heavy atom. The predicted molar refractivity (Wildman–Crippen MR) is 118 cm³/mol. The standard InChI is InChI=1S/C23H28ClN5/c1-2-11-27-12-14-28(15-13-27)23-19-5-3-4-6-20(19)25-22-16-21(26-29(22)23)17-7-9-18(24)10-8-17/h7-10,16H,2-6,11-15H2,1H3/p+1. The molecule has 0 radical (unpaired) electrons. The fourth-order valence-electron chi connectivity index (χ4n) is 4.85. The number of aromatic nitrogens is 3. The highest BCUT2D eigenvalue weighted by atomic mass is 35.5. The first-order valence-electron chi connectivity index (χ1n) is 11.0. The van der Waals surface area contributed by atoms with Gasteiger partial charge in [-0.05, 0) is 44.2 Å². The number of fused-ring (bicyclic) bond motifs is 2. The number of halogens is 1. The molecule has 0 unspecified atom stereocenters. The average molecular weight is 411 g/mol. The number of hydrogen-bond acceptors (Lipinski definition) is 3. The summed E-state index contributed by atoms with van der Waals surface area (Å²) in [5.41, 5.74) is 5.72. The molecule has 5 nitrogen and oxygen atoms in total. The van der Waals surface area contributed by atoms with E-state index in [1.807, 2.05) is 24.3 Å². The van der Waals surface area contributed by atoms with Crippen molar-refractivity contribution in [3.63, 3.8) is 0 Å². The molecule has 3 aromatic rings. The highest BCUT2D eigenvalue weighted by Gasteiger charge is 2.27. The molecule has 0 amide bonds. The first-order chi connectivity index (χ1) is 14.2. The monoisotopic (exact) mass is 410 g/mol. The minimum atomic E-state index is 0.749. The van der Waals surface area contributed by atoms with E-state index in [0.717, 1.165) is 47.9 Å². The molecule has 2 aromatic heterocycles. The summed E-state index contributed by atoms with van der Waals surface area (Å²) >= 11 is 6.08. The van der Waals surface area contributed by atoms with Crippen LogP contribution in [0.4, 0.5) is 5.82 Å². The molecule has 0 saturated carbocycles. The maximum absolute atomic E-state index is 6.08. The third-order valence-corrected chi connectivity index (χ3v) is 6.61. The molecular weight excluding hydrogens is 382 g/mol. The second kappa shape index (κ2) is 7.96. The third-order valence-electron chi connectivity index (χ3n) is 6.36. The number of nitrogens with one attached hydrogen (secondary N) is 1. The number of anilines is 1. The van der Waals surface area contributed by atoms with E-state index in [1.54, 1.807) is 4.90 Å². The van der Waals surface area contributed by atoms with Gasteiger partial charge in [-0.25, -0.2) is 4.98 Å². The van der Waals surface area contributed by atoms with E-state index in [0.29, 0.717) is 0 Å². The molecule has 1 aliphatic heterocycles. The maximum atomic E-state index is 6.08. The largest absolute Gasteiger partial charge is 0.345 e. The topological polar surface area (TPSA) is 37.9 Å². The van der Waals surface area contributed by atoms with Gasteiger partial charge in [-0.3, -0.25) is 0 Å². The SMILES string of the molecule is CCC[NH+]1CCN(c2c3c(nc4cc(-c5ccc(Cl)cc5)nn24)CCCC3)CC1. The van der Waals surface area contributed by atoms with Gasteiger partial charge in [0.05, 0.1) is 38.4 Å². The van der Waals surface area contributed by atoms with E-state index in [4.69, 9.17) is 21.7 Å². The molecule has 2 aliphatic rings. The van der Waals surface area contributed by atoms with Gasteiger partial charge >= 0.3 is 0 Å². The normalized spacial score (nSPS) is 17.7. The Morgan fingerprint density at radius 1 is 1.07 bits per heavy atom. The number of nitrogens with zero attached hydrogens (tertiary/aromatic N) is 4. The molecule has 6 heteroatoms. The van der Waals surface area contributed by atoms with Gasteiger partial charge in [0.2, 0.25) is 0 Å². The zero-order chi connectivity index (χ0) is 19.8. The molecule has 1 saturated heterocycles. The van der Waals surface area contributed by atoms with Crippen LogP contribution in [-0.4, -0.2) is 47.3 Å². The van der Waals surface area contributed by atoms with Crippen LogP contribution in [0.25, 0.3) is 16.9 Å². The minimum Gasteiger partial charge on any atom is -0.345 e. The Hall–Kier alpha value is -2.11. The number of rotatable bonds is 4. The van der Waals surface area contributed by atoms with E-state index in [-0.39, 0.29) is 0 Å². The van der Waals surface area contributed by atoms with Crippen LogP contribution in [0.1, 0.15) is 37.4 Å². The third kappa shape index (κ3) is 3.62. The minimum absolute atomic E-state index is 0.749. The molecule has 5 rings (SSSR count). The van der Waals surface area contributed by atoms with Gasteiger partial charge in [-0.1, -0.05) is 30.7 Å². The molecule has 0 atom stereocenters. The molecule has 1 aromatic carbocycles. The first-order valence-corrected chi connectivity index (χ1v) is 11.4. The summed E-state index contributed by atoms with van der Waals surface area (Å²) < 4.78 is 2.11. The summed E-state index contributed by atoms with van der Waals surface area (Å²) in [5, 5.41) is 5.76. The highest BCUT2D eigenvalue weighted by Crippen LogP contribution is 2.32. The molecule has 1 N–H and O–H groups in total. The Balaban J connectivity index is 1.58. The maximum Gasteiger partial charge on any atom is 0.158 e. The summed E-state index contributed by atoms with van der Waals surface area (Å²) in [7, 11) is 0. The van der Waals surface area contributed by atoms with Crippen molar-refractivity contribution in [3.8, 4) is 11.3 Å². The highest BCUT2D eigenvalue weighted by molar-refractivity contribution is 6.30. The van der Waals surface area contributed by atoms with Crippen molar-refractivity contribution in [2.45, 2.75) is 39.0 Å². The van der Waals surface area contributed by atoms with E-state index in [1.165, 1.54) is 56.0 Å². The molecule has 3 heterocycles. The van der Waals surface area contributed by atoms with Crippen molar-refractivity contribution in [2.75, 3.05) is 37.6 Å². The van der Waals surface area contributed by atoms with E-state index in [2.05, 4.69) is 22.4 Å². The van der Waals surface area contributed by atoms with Crippen LogP contribution in [0, 0.1) is 0 Å². The van der Waals surface area contributed by atoms with Gasteiger partial charge in [0.25, 0.3) is 0 Å². The van der Waals surface area contributed by atoms with Crippen molar-refractivity contribution < 1.29 is 4.90 Å². The van der Waals surface area contributed by atoms with Crippen LogP contribution in [0.2, 0.25) is 5.02 Å². The van der Waals surface area contributed by atoms with E-state index in [9.17, 15) is 0 Å². The zero-order valence-electron chi connectivity index (χ0n) is 17.1. The van der Waals surface area contributed by atoms with Crippen LogP contribution in [0.15, 0.2) is 30.3 Å². The van der Waals surface area contributed by atoms with Gasteiger partial charge in [0.1, 0.15) is 5.82 Å². The van der Waals surface area contributed by atoms with Gasteiger partial charge < -0.3 is 9.80 Å². The van der Waals surface area contributed by atoms with Crippen LogP contribution in [-0.2, 0) is 12.8 Å². The number of aryl methyl sites for hydroxylation is 1. The van der Waals surface area contributed by atoms with Crippen molar-refractivity contribution >= 4 is 23.1 Å². The van der Waals surface area contributed by atoms with Gasteiger partial charge in [-0.2, -0.15) is 9.61 Å². The number of quaternary nitrogens is 1. The lowest BCUT2D eigenvalue weighted by molar-refractivity contribution is -0.900. The van der Waals surface area contributed by atoms with Gasteiger partial charge in [0, 0.05) is 27.9 Å². The molecule has 0 spiro atoms. The van der Waals surface area contributed by atoms with Crippen LogP contribution < -0.4 is 9.80 Å². The molecule has 152 valence electrons. The van der Waals surface area contributed by atoms with Gasteiger partial charge in [0.15, 0.2) is 5.65 Å². The Bertz CT molecular complexity index is 1000. The molecule has 0 bridgehead atoms. The lowest BCUT2D eigenvalue weighted by Gasteiger charge is -2.35. The van der Waals surface area contributed by atoms with Crippen molar-refractivity contribution in [1.82, 2.24) is 14.6 Å². The summed E-state index contributed by atoms with van der Waals surface area (Å²) in [6, 6.07) is 10.1. The molecular formula is C23H29ClN5+. The fraction of sp³-hybridized carbons (Fsp3) is 0.478. The second-order valence-electron chi connectivity index (χ2n) is 8.36. The molecule has 1 fully saturated rings. The summed E-state index contributed by atoms with van der Waals surface area (Å²) in [4.78, 5) is 9.32. The Kier molecular flexibility index (Phi) is 5.18. The summed E-state index contributed by atoms with van der Waals surface area (Å²) in [5.74, 6) is 1.29. The van der Waals surface area contributed by atoms with Crippen molar-refractivity contribution in [1.29, 1.82) is 0 Å². The van der Waals surface area contributed by atoms with Crippen LogP contribution in [0.5, 0.6) is 0 Å². The van der Waals surface area contributed by atoms with Crippen molar-refractivity contribution in [2.24, 2.45) is 0 Å². The van der Waals surface area contributed by atoms with Crippen LogP contribution >= 0.6 is 11.6 Å². The molecule has 29 heavy (non-hydrogen) atoms. The smallest absolute Gasteiger partial charge is 0.158 e. The second-order valence-corrected chi connectivity index (χ2v) is 8.80. The summed E-state index contributed by atoms with van der Waals surface area (Å²) in [6.07, 6.45) is 5.95. The number of benzene rings is 1. The predicted octanol–water partition coefficient (Wildman–Crippen LogP) is 3.04. The quantitative estimate of drug-likeness (QED) is 0.718. The Labute approximate surface area is 177 Å². The number of hydrogen-bond donors (Lipinski definition) is 1. The average Bonchev–Trinajstić information content (AvgIpc) is 3.17. The Morgan fingerprint density at radius 3 is 2.59 bits per heavy atom. The van der Waals surface area contributed by atoms with Gasteiger partial charge in [-0.15, -0.1) is 0 Å². The van der Waals surface area contributed by atoms with Crippen molar-refractivity contribution in [3.05, 3.63) is 46.6 Å². The molecule has 1 aliphatic carbocycles. The lowest BCUT2D eigenvalue weighted by Crippen LogP contribution is -3.14. The van der Waals surface area contributed by atoms with E-state index >= 15 is 0 Å². The first kappa shape index (κ1) is 18.9. The number of piperazine rings is 1. The lowest BCUT2D eigenvalue weighted by atomic mass is 9.96. The fourth-order valence-corrected chi connectivity index (χ4v) is 4.98.